The van der Waals surface area contributed by atoms with Gasteiger partial charge >= 0.3 is 0 Å². The molecular formula is C9H18O. The molecule has 1 heteroatoms. The van der Waals surface area contributed by atoms with E-state index in [0.29, 0.717) is 6.61 Å². The molecule has 1 aliphatic rings. The first-order valence-corrected chi connectivity index (χ1v) is 4.40. The Kier molecular flexibility index (Phi) is 2.72. The zero-order chi connectivity index (χ0) is 7.56. The van der Waals surface area contributed by atoms with Gasteiger partial charge in [-0.15, -0.1) is 0 Å². The van der Waals surface area contributed by atoms with E-state index >= 15 is 0 Å². The summed E-state index contributed by atoms with van der Waals surface area (Å²) in [5.41, 5.74) is 0. The third kappa shape index (κ3) is 1.72. The summed E-state index contributed by atoms with van der Waals surface area (Å²) in [7, 11) is 0. The smallest absolute Gasteiger partial charge is 0.0433 e. The van der Waals surface area contributed by atoms with Gasteiger partial charge in [0, 0.05) is 6.61 Å². The Bertz CT molecular complexity index is 101. The van der Waals surface area contributed by atoms with Crippen LogP contribution >= 0.6 is 0 Å². The summed E-state index contributed by atoms with van der Waals surface area (Å²) < 4.78 is 0. The maximum Gasteiger partial charge on any atom is 0.0433 e. The van der Waals surface area contributed by atoms with Crippen molar-refractivity contribution in [3.8, 4) is 0 Å². The summed E-state index contributed by atoms with van der Waals surface area (Å²) in [5, 5.41) is 8.65. The lowest BCUT2D eigenvalue weighted by Gasteiger charge is -2.05. The lowest BCUT2D eigenvalue weighted by molar-refractivity contribution is 0.272. The van der Waals surface area contributed by atoms with Crippen LogP contribution in [0, 0.1) is 17.8 Å². The van der Waals surface area contributed by atoms with Crippen LogP contribution in [-0.4, -0.2) is 11.7 Å². The van der Waals surface area contributed by atoms with Crippen LogP contribution in [0.15, 0.2) is 0 Å². The Balaban J connectivity index is 2.12. The topological polar surface area (TPSA) is 20.2 Å². The zero-order valence-corrected chi connectivity index (χ0v) is 7.01. The molecule has 0 aromatic rings. The fourth-order valence-electron chi connectivity index (χ4n) is 1.77. The largest absolute Gasteiger partial charge is 0.396 e. The molecule has 10 heavy (non-hydrogen) atoms. The summed E-state index contributed by atoms with van der Waals surface area (Å²) in [6, 6.07) is 0. The van der Waals surface area contributed by atoms with Crippen LogP contribution in [0.2, 0.25) is 0 Å². The van der Waals surface area contributed by atoms with Gasteiger partial charge in [0.1, 0.15) is 0 Å². The van der Waals surface area contributed by atoms with Crippen LogP contribution in [0.5, 0.6) is 0 Å². The Labute approximate surface area is 63.4 Å². The summed E-state index contributed by atoms with van der Waals surface area (Å²) >= 11 is 0. The van der Waals surface area contributed by atoms with Crippen molar-refractivity contribution >= 4 is 0 Å². The van der Waals surface area contributed by atoms with Crippen molar-refractivity contribution in [1.29, 1.82) is 0 Å². The molecule has 3 atom stereocenters. The van der Waals surface area contributed by atoms with Gasteiger partial charge in [-0.2, -0.15) is 0 Å². The summed E-state index contributed by atoms with van der Waals surface area (Å²) in [6.45, 7) is 4.96. The molecule has 1 nitrogen and oxygen atoms in total. The third-order valence-corrected chi connectivity index (χ3v) is 2.85. The van der Waals surface area contributed by atoms with Gasteiger partial charge in [0.05, 0.1) is 0 Å². The van der Waals surface area contributed by atoms with Crippen LogP contribution in [-0.2, 0) is 0 Å². The Hall–Kier alpha value is -0.0400. The highest BCUT2D eigenvalue weighted by Gasteiger charge is 2.38. The van der Waals surface area contributed by atoms with Gasteiger partial charge in [-0.05, 0) is 30.6 Å². The second-order valence-corrected chi connectivity index (χ2v) is 3.56. The molecule has 0 heterocycles. The molecule has 1 fully saturated rings. The van der Waals surface area contributed by atoms with Crippen molar-refractivity contribution in [2.24, 2.45) is 17.8 Å². The average molecular weight is 142 g/mol. The SMILES string of the molecule is CCC(C)C1CC1CCO. The monoisotopic (exact) mass is 142 g/mol. The average Bonchev–Trinajstić information content (AvgIpc) is 2.67. The van der Waals surface area contributed by atoms with Crippen LogP contribution in [0.25, 0.3) is 0 Å². The van der Waals surface area contributed by atoms with E-state index in [4.69, 9.17) is 5.11 Å². The molecule has 0 aliphatic heterocycles. The van der Waals surface area contributed by atoms with Crippen LogP contribution in [0.4, 0.5) is 0 Å². The molecule has 60 valence electrons. The van der Waals surface area contributed by atoms with E-state index in [1.807, 2.05) is 0 Å². The van der Waals surface area contributed by atoms with Gasteiger partial charge in [-0.25, -0.2) is 0 Å². The first-order chi connectivity index (χ1) is 4.79. The number of hydrogen-bond acceptors (Lipinski definition) is 1. The van der Waals surface area contributed by atoms with Gasteiger partial charge in [0.15, 0.2) is 0 Å². The molecule has 0 radical (unpaired) electrons. The molecule has 0 saturated heterocycles. The van der Waals surface area contributed by atoms with Crippen molar-refractivity contribution in [1.82, 2.24) is 0 Å². The van der Waals surface area contributed by atoms with Crippen LogP contribution < -0.4 is 0 Å². The van der Waals surface area contributed by atoms with Crippen LogP contribution in [0.1, 0.15) is 33.1 Å². The van der Waals surface area contributed by atoms with Crippen molar-refractivity contribution in [3.63, 3.8) is 0 Å². The number of rotatable bonds is 4. The van der Waals surface area contributed by atoms with E-state index in [-0.39, 0.29) is 0 Å². The Morgan fingerprint density at radius 2 is 2.30 bits per heavy atom. The molecule has 0 aromatic heterocycles. The molecule has 0 amide bonds. The molecule has 1 N–H and O–H groups in total. The highest BCUT2D eigenvalue weighted by Crippen LogP contribution is 2.47. The van der Waals surface area contributed by atoms with Gasteiger partial charge in [-0.3, -0.25) is 0 Å². The minimum atomic E-state index is 0.387. The van der Waals surface area contributed by atoms with Gasteiger partial charge in [0.25, 0.3) is 0 Å². The standard InChI is InChI=1S/C9H18O/c1-3-7(2)9-6-8(9)4-5-10/h7-10H,3-6H2,1-2H3. The maximum absolute atomic E-state index is 8.65. The predicted molar refractivity (Wildman–Crippen MR) is 42.8 cm³/mol. The predicted octanol–water partition coefficient (Wildman–Crippen LogP) is 2.05. The highest BCUT2D eigenvalue weighted by molar-refractivity contribution is 4.88. The summed E-state index contributed by atoms with van der Waals surface area (Å²) in [5.74, 6) is 2.69. The van der Waals surface area contributed by atoms with E-state index < -0.39 is 0 Å². The first kappa shape index (κ1) is 8.06. The van der Waals surface area contributed by atoms with E-state index in [0.717, 1.165) is 24.2 Å². The summed E-state index contributed by atoms with van der Waals surface area (Å²) in [4.78, 5) is 0. The van der Waals surface area contributed by atoms with Crippen molar-refractivity contribution in [3.05, 3.63) is 0 Å². The molecule has 0 aromatic carbocycles. The number of hydrogen-bond donors (Lipinski definition) is 1. The minimum absolute atomic E-state index is 0.387. The molecule has 1 aliphatic carbocycles. The van der Waals surface area contributed by atoms with Crippen molar-refractivity contribution < 1.29 is 5.11 Å². The molecule has 3 unspecified atom stereocenters. The molecule has 0 bridgehead atoms. The normalized spacial score (nSPS) is 33.9. The lowest BCUT2D eigenvalue weighted by Crippen LogP contribution is -1.97. The van der Waals surface area contributed by atoms with E-state index in [1.165, 1.54) is 12.8 Å². The quantitative estimate of drug-likeness (QED) is 0.637. The van der Waals surface area contributed by atoms with Crippen molar-refractivity contribution in [2.75, 3.05) is 6.61 Å². The fraction of sp³-hybridized carbons (Fsp3) is 1.00. The second kappa shape index (κ2) is 3.38. The van der Waals surface area contributed by atoms with Crippen LogP contribution in [0.3, 0.4) is 0 Å². The van der Waals surface area contributed by atoms with Gasteiger partial charge < -0.3 is 5.11 Å². The maximum atomic E-state index is 8.65. The first-order valence-electron chi connectivity index (χ1n) is 4.40. The molecule has 1 rings (SSSR count). The second-order valence-electron chi connectivity index (χ2n) is 3.56. The molecular weight excluding hydrogens is 124 g/mol. The third-order valence-electron chi connectivity index (χ3n) is 2.85. The lowest BCUT2D eigenvalue weighted by atomic mass is 10.0. The van der Waals surface area contributed by atoms with E-state index in [1.54, 1.807) is 0 Å². The number of aliphatic hydroxyl groups excluding tert-OH is 1. The summed E-state index contributed by atoms with van der Waals surface area (Å²) in [6.07, 6.45) is 3.71. The van der Waals surface area contributed by atoms with Crippen molar-refractivity contribution in [2.45, 2.75) is 33.1 Å². The van der Waals surface area contributed by atoms with E-state index in [2.05, 4.69) is 13.8 Å². The Morgan fingerprint density at radius 3 is 2.80 bits per heavy atom. The van der Waals surface area contributed by atoms with Gasteiger partial charge in [-0.1, -0.05) is 20.3 Å². The molecule has 0 spiro atoms. The molecule has 1 saturated carbocycles. The van der Waals surface area contributed by atoms with Gasteiger partial charge in [0.2, 0.25) is 0 Å². The minimum Gasteiger partial charge on any atom is -0.396 e. The fourth-order valence-corrected chi connectivity index (χ4v) is 1.77. The number of aliphatic hydroxyl groups is 1. The van der Waals surface area contributed by atoms with E-state index in [9.17, 15) is 0 Å². The zero-order valence-electron chi connectivity index (χ0n) is 7.01. The Morgan fingerprint density at radius 1 is 1.60 bits per heavy atom. The highest BCUT2D eigenvalue weighted by atomic mass is 16.3.